The Labute approximate surface area is 432 Å². The molecule has 7 fully saturated rings. The lowest BCUT2D eigenvalue weighted by molar-refractivity contribution is -0.390. The monoisotopic (exact) mass is 1060 g/mol. The SMILES string of the molecule is CC(C)=CC(=O)O[C@H]1CC(C)(C)C[C@H]2C3=CC[C@@H]4[C@@]5(C)CC[C@H](O[C@@H]6O[C@H](C(=O)O)[C@@H](O[C@H]7O[C@H](C)[C@@H](O)[C@H](O)[C@@H]7O)[C@H](O)[C@H]6O[C@@H]6O[C@H](CO)[C@@H](O)[C@H](O)[C@H]6O)C(C)(C)[C@@H]5CC[C@@]4(C)[C@]3(C)[C@@H](O)[C@@H](O)[C@@]12CO. The van der Waals surface area contributed by atoms with Crippen LogP contribution >= 0.6 is 0 Å². The van der Waals surface area contributed by atoms with E-state index in [-0.39, 0.29) is 17.3 Å². The van der Waals surface area contributed by atoms with E-state index in [1.165, 1.54) is 13.0 Å². The van der Waals surface area contributed by atoms with Crippen molar-refractivity contribution in [2.75, 3.05) is 13.2 Å². The summed E-state index contributed by atoms with van der Waals surface area (Å²) < 4.78 is 42.4. The normalized spacial score (nSPS) is 51.7. The fourth-order valence-electron chi connectivity index (χ4n) is 15.9. The minimum absolute atomic E-state index is 0.0573. The number of carbonyl (C=O) groups is 2. The van der Waals surface area contributed by atoms with Gasteiger partial charge >= 0.3 is 11.9 Å². The van der Waals surface area contributed by atoms with Crippen LogP contribution in [0.15, 0.2) is 23.3 Å². The maximum absolute atomic E-state index is 13.3. The van der Waals surface area contributed by atoms with Gasteiger partial charge in [-0.15, -0.1) is 0 Å². The first-order valence-electron chi connectivity index (χ1n) is 26.4. The van der Waals surface area contributed by atoms with Gasteiger partial charge in [0, 0.05) is 11.5 Å². The van der Waals surface area contributed by atoms with Crippen LogP contribution in [0.1, 0.15) is 114 Å². The Hall–Kier alpha value is -2.26. The third kappa shape index (κ3) is 9.06. The maximum atomic E-state index is 13.3. The number of aliphatic hydroxyl groups excluding tert-OH is 11. The number of carboxylic acids is 1. The molecule has 21 heteroatoms. The molecule has 0 amide bonds. The molecule has 74 heavy (non-hydrogen) atoms. The van der Waals surface area contributed by atoms with Crippen molar-refractivity contribution in [3.63, 3.8) is 0 Å². The lowest BCUT2D eigenvalue weighted by atomic mass is 9.32. The van der Waals surface area contributed by atoms with E-state index in [4.69, 9.17) is 33.2 Å². The van der Waals surface area contributed by atoms with E-state index in [0.717, 1.165) is 11.1 Å². The number of ether oxygens (including phenoxy) is 7. The molecule has 5 aliphatic carbocycles. The number of aliphatic hydroxyl groups is 11. The van der Waals surface area contributed by atoms with Crippen molar-refractivity contribution in [2.24, 2.45) is 50.2 Å². The molecule has 3 heterocycles. The summed E-state index contributed by atoms with van der Waals surface area (Å²) in [5, 5.41) is 134. The van der Waals surface area contributed by atoms with Crippen molar-refractivity contribution in [1.29, 1.82) is 0 Å². The van der Waals surface area contributed by atoms with E-state index in [1.807, 2.05) is 20.8 Å². The van der Waals surface area contributed by atoms with Gasteiger partial charge in [0.15, 0.2) is 25.0 Å². The Bertz CT molecular complexity index is 2130. The highest BCUT2D eigenvalue weighted by Crippen LogP contribution is 2.76. The molecule has 0 aromatic rings. The first-order valence-corrected chi connectivity index (χ1v) is 26.4. The minimum atomic E-state index is -2.05. The molecule has 3 saturated heterocycles. The van der Waals surface area contributed by atoms with Crippen LogP contribution in [0.4, 0.5) is 0 Å². The van der Waals surface area contributed by atoms with Crippen LogP contribution in [-0.2, 0) is 42.7 Å². The smallest absolute Gasteiger partial charge is 0.335 e. The standard InChI is InChI=1S/C53H84O21/c1-22(2)17-31(56)70-30-19-48(4,5)18-25-24-11-12-28-50(8)15-14-29(49(6,7)27(50)13-16-51(28,9)52(24,10)42(64)43(65)53(25,30)21-55)71-47-40(73-46-37(62)35(60)33(58)26(20-54)69-46)38(63)39(41(74-47)44(66)67)72-45-36(61)34(59)32(57)23(3)68-45/h11,17,23,25-30,32-43,45-47,54-55,57-65H,12-16,18-21H2,1-10H3,(H,66,67)/t23-,25+,26-,27+,28-,29+,30+,32-,33-,34+,35+,36+,37-,38+,39+,40-,41+,42+,43-,45-,46+,47-,50+,51-,52+,53-/m1/s1. The molecule has 12 N–H and O–H groups in total. The number of hydrogen-bond donors (Lipinski definition) is 12. The molecule has 0 unspecified atom stereocenters. The Morgan fingerprint density at radius 2 is 1.31 bits per heavy atom. The van der Waals surface area contributed by atoms with Crippen LogP contribution in [-0.4, -0.2) is 203 Å². The molecule has 26 atom stereocenters. The summed E-state index contributed by atoms with van der Waals surface area (Å²) in [6.45, 7) is 18.4. The lowest BCUT2D eigenvalue weighted by Crippen LogP contribution is -2.74. The van der Waals surface area contributed by atoms with Crippen molar-refractivity contribution in [3.05, 3.63) is 23.3 Å². The molecular formula is C53H84O21. The fraction of sp³-hybridized carbons (Fsp3) is 0.887. The van der Waals surface area contributed by atoms with Crippen LogP contribution in [0.2, 0.25) is 0 Å². The molecule has 422 valence electrons. The second-order valence-electron chi connectivity index (χ2n) is 25.4. The largest absolute Gasteiger partial charge is 0.479 e. The summed E-state index contributed by atoms with van der Waals surface area (Å²) in [5.74, 6) is -2.77. The molecule has 0 bridgehead atoms. The maximum Gasteiger partial charge on any atom is 0.335 e. The summed E-state index contributed by atoms with van der Waals surface area (Å²) in [4.78, 5) is 26.3. The summed E-state index contributed by atoms with van der Waals surface area (Å²) >= 11 is 0. The quantitative estimate of drug-likeness (QED) is 0.0568. The molecular weight excluding hydrogens is 973 g/mol. The van der Waals surface area contributed by atoms with Gasteiger partial charge in [-0.3, -0.25) is 0 Å². The molecule has 8 aliphatic rings. The average molecular weight is 1060 g/mol. The number of hydrogen-bond acceptors (Lipinski definition) is 20. The van der Waals surface area contributed by atoms with E-state index in [2.05, 4.69) is 33.8 Å². The van der Waals surface area contributed by atoms with E-state index in [0.29, 0.717) is 44.9 Å². The van der Waals surface area contributed by atoms with Gasteiger partial charge in [-0.05, 0) is 105 Å². The molecule has 0 aromatic carbocycles. The van der Waals surface area contributed by atoms with E-state index < -0.39 is 175 Å². The number of carbonyl (C=O) groups excluding carboxylic acids is 1. The highest BCUT2D eigenvalue weighted by Gasteiger charge is 2.75. The molecule has 0 spiro atoms. The van der Waals surface area contributed by atoms with Crippen LogP contribution in [0.3, 0.4) is 0 Å². The number of esters is 1. The number of aliphatic carboxylic acids is 1. The molecule has 21 nitrogen and oxygen atoms in total. The van der Waals surface area contributed by atoms with Gasteiger partial charge in [0.1, 0.15) is 67.1 Å². The van der Waals surface area contributed by atoms with Gasteiger partial charge in [-0.2, -0.15) is 0 Å². The lowest BCUT2D eigenvalue weighted by Gasteiger charge is -2.73. The van der Waals surface area contributed by atoms with Crippen molar-refractivity contribution >= 4 is 11.9 Å². The zero-order valence-electron chi connectivity index (χ0n) is 44.3. The highest BCUT2D eigenvalue weighted by molar-refractivity contribution is 5.82. The fourth-order valence-corrected chi connectivity index (χ4v) is 15.9. The molecule has 3 aliphatic heterocycles. The highest BCUT2D eigenvalue weighted by atomic mass is 16.8. The Kier molecular flexibility index (Phi) is 16.0. The first kappa shape index (κ1) is 57.9. The molecule has 4 saturated carbocycles. The third-order valence-electron chi connectivity index (χ3n) is 20.1. The van der Waals surface area contributed by atoms with E-state index >= 15 is 0 Å². The van der Waals surface area contributed by atoms with Crippen molar-refractivity contribution in [2.45, 2.75) is 231 Å². The van der Waals surface area contributed by atoms with Crippen LogP contribution in [0.25, 0.3) is 0 Å². The third-order valence-corrected chi connectivity index (χ3v) is 20.1. The minimum Gasteiger partial charge on any atom is -0.479 e. The second-order valence-corrected chi connectivity index (χ2v) is 25.4. The zero-order valence-corrected chi connectivity index (χ0v) is 44.3. The Balaban J connectivity index is 1.10. The number of rotatable bonds is 11. The summed E-state index contributed by atoms with van der Waals surface area (Å²) in [7, 11) is 0. The average Bonchev–Trinajstić information content (AvgIpc) is 3.31. The van der Waals surface area contributed by atoms with Crippen LogP contribution in [0, 0.1) is 50.2 Å². The molecule has 8 rings (SSSR count). The van der Waals surface area contributed by atoms with Gasteiger partial charge in [0.2, 0.25) is 0 Å². The summed E-state index contributed by atoms with van der Waals surface area (Å²) in [5.41, 5.74) is -2.77. The number of allylic oxidation sites excluding steroid dienone is 2. The van der Waals surface area contributed by atoms with Gasteiger partial charge in [-0.1, -0.05) is 65.7 Å². The Morgan fingerprint density at radius 3 is 1.92 bits per heavy atom. The number of fused-ring (bicyclic) bond motifs is 7. The van der Waals surface area contributed by atoms with Gasteiger partial charge < -0.3 is 94.4 Å². The van der Waals surface area contributed by atoms with Crippen LogP contribution < -0.4 is 0 Å². The predicted molar refractivity (Wildman–Crippen MR) is 257 cm³/mol. The topological polar surface area (TPSA) is 342 Å². The van der Waals surface area contributed by atoms with E-state index in [1.54, 1.807) is 13.8 Å². The van der Waals surface area contributed by atoms with Crippen molar-refractivity contribution in [3.8, 4) is 0 Å². The van der Waals surface area contributed by atoms with Crippen molar-refractivity contribution in [1.82, 2.24) is 0 Å². The Morgan fingerprint density at radius 1 is 0.689 bits per heavy atom. The summed E-state index contributed by atoms with van der Waals surface area (Å²) in [6, 6.07) is 0. The van der Waals surface area contributed by atoms with E-state index in [9.17, 15) is 70.9 Å². The number of carboxylic acid groups (broad SMARTS) is 1. The first-order chi connectivity index (χ1) is 34.4. The zero-order chi connectivity index (χ0) is 54.7. The van der Waals surface area contributed by atoms with Crippen LogP contribution in [0.5, 0.6) is 0 Å². The van der Waals surface area contributed by atoms with Gasteiger partial charge in [0.25, 0.3) is 0 Å². The molecule has 0 aromatic heterocycles. The predicted octanol–water partition coefficient (Wildman–Crippen LogP) is 0.163. The van der Waals surface area contributed by atoms with Gasteiger partial charge in [0.05, 0.1) is 43.0 Å². The van der Waals surface area contributed by atoms with Gasteiger partial charge in [-0.25, -0.2) is 9.59 Å². The molecule has 0 radical (unpaired) electrons. The van der Waals surface area contributed by atoms with Crippen molar-refractivity contribution < 1.29 is 104 Å². The second kappa shape index (κ2) is 20.4. The summed E-state index contributed by atoms with van der Waals surface area (Å²) in [6.07, 6.45) is -23.7.